The van der Waals surface area contributed by atoms with Gasteiger partial charge >= 0.3 is 5.97 Å². The molecule has 0 fully saturated rings. The maximum Gasteiger partial charge on any atom is 0.308 e. The first kappa shape index (κ1) is 17.6. The lowest BCUT2D eigenvalue weighted by Gasteiger charge is -2.23. The summed E-state index contributed by atoms with van der Waals surface area (Å²) in [7, 11) is 0. The molecular weight excluding hydrogens is 341 g/mol. The number of aliphatic carboxylic acids is 1. The van der Waals surface area contributed by atoms with Gasteiger partial charge in [0.25, 0.3) is 5.91 Å². The Morgan fingerprint density at radius 2 is 2.00 bits per heavy atom. The van der Waals surface area contributed by atoms with Crippen molar-refractivity contribution in [1.29, 1.82) is 0 Å². The van der Waals surface area contributed by atoms with Crippen LogP contribution in [0.3, 0.4) is 0 Å². The molecule has 2 N–H and O–H groups in total. The highest BCUT2D eigenvalue weighted by molar-refractivity contribution is 9.10. The van der Waals surface area contributed by atoms with Crippen molar-refractivity contribution in [1.82, 2.24) is 5.32 Å². The second kappa shape index (κ2) is 7.02. The van der Waals surface area contributed by atoms with Crippen LogP contribution in [0.2, 0.25) is 0 Å². The number of nitrogens with one attached hydrogen (secondary N) is 1. The molecule has 1 atom stereocenters. The second-order valence-corrected chi connectivity index (χ2v) is 6.97. The molecule has 4 nitrogen and oxygen atoms in total. The molecule has 0 spiro atoms. The molecule has 0 saturated heterocycles. The van der Waals surface area contributed by atoms with E-state index in [-0.39, 0.29) is 22.0 Å². The molecule has 1 rings (SSSR count). The molecule has 1 unspecified atom stereocenters. The van der Waals surface area contributed by atoms with Gasteiger partial charge in [-0.25, -0.2) is 4.39 Å². The number of hydrogen-bond acceptors (Lipinski definition) is 2. The van der Waals surface area contributed by atoms with Crippen LogP contribution < -0.4 is 5.32 Å². The SMILES string of the molecule is CC(C)(C)CC(CNC(=O)c1cccc(Br)c1F)C(=O)O. The van der Waals surface area contributed by atoms with Crippen molar-refractivity contribution in [3.63, 3.8) is 0 Å². The second-order valence-electron chi connectivity index (χ2n) is 6.11. The quantitative estimate of drug-likeness (QED) is 0.845. The van der Waals surface area contributed by atoms with Gasteiger partial charge in [0.2, 0.25) is 0 Å². The van der Waals surface area contributed by atoms with Crippen LogP contribution in [0.4, 0.5) is 4.39 Å². The number of amides is 1. The van der Waals surface area contributed by atoms with Crippen LogP contribution in [0.1, 0.15) is 37.6 Å². The zero-order valence-corrected chi connectivity index (χ0v) is 13.8. The fraction of sp³-hybridized carbons (Fsp3) is 0.467. The highest BCUT2D eigenvalue weighted by atomic mass is 79.9. The van der Waals surface area contributed by atoms with Crippen molar-refractivity contribution in [3.8, 4) is 0 Å². The molecule has 116 valence electrons. The molecule has 0 radical (unpaired) electrons. The summed E-state index contributed by atoms with van der Waals surface area (Å²) in [5, 5.41) is 11.7. The lowest BCUT2D eigenvalue weighted by Crippen LogP contribution is -2.35. The summed E-state index contributed by atoms with van der Waals surface area (Å²) in [5.41, 5.74) is -0.279. The van der Waals surface area contributed by atoms with Crippen LogP contribution in [-0.2, 0) is 4.79 Å². The van der Waals surface area contributed by atoms with Gasteiger partial charge in [-0.1, -0.05) is 26.8 Å². The number of benzene rings is 1. The van der Waals surface area contributed by atoms with Crippen LogP contribution >= 0.6 is 15.9 Å². The van der Waals surface area contributed by atoms with E-state index in [2.05, 4.69) is 21.2 Å². The number of carboxylic acids is 1. The van der Waals surface area contributed by atoms with Crippen LogP contribution in [-0.4, -0.2) is 23.5 Å². The standard InChI is InChI=1S/C15H19BrFNO3/c1-15(2,3)7-9(14(20)21)8-18-13(19)10-5-4-6-11(16)12(10)17/h4-6,9H,7-8H2,1-3H3,(H,18,19)(H,20,21). The summed E-state index contributed by atoms with van der Waals surface area (Å²) in [6.07, 6.45) is 0.420. The molecular formula is C15H19BrFNO3. The molecule has 0 aliphatic heterocycles. The number of carbonyl (C=O) groups excluding carboxylic acids is 1. The van der Waals surface area contributed by atoms with Crippen molar-refractivity contribution in [2.24, 2.45) is 11.3 Å². The largest absolute Gasteiger partial charge is 0.481 e. The van der Waals surface area contributed by atoms with Gasteiger partial charge < -0.3 is 10.4 Å². The number of halogens is 2. The predicted molar refractivity (Wildman–Crippen MR) is 81.6 cm³/mol. The Bertz CT molecular complexity index is 540. The van der Waals surface area contributed by atoms with E-state index in [9.17, 15) is 19.1 Å². The average Bonchev–Trinajstić information content (AvgIpc) is 2.35. The molecule has 1 aromatic rings. The molecule has 0 aromatic heterocycles. The minimum Gasteiger partial charge on any atom is -0.481 e. The minimum absolute atomic E-state index is 0.0304. The fourth-order valence-corrected chi connectivity index (χ4v) is 2.34. The Morgan fingerprint density at radius 1 is 1.38 bits per heavy atom. The van der Waals surface area contributed by atoms with Gasteiger partial charge in [0.1, 0.15) is 5.82 Å². The Balaban J connectivity index is 2.74. The molecule has 1 aromatic carbocycles. The van der Waals surface area contributed by atoms with E-state index in [0.29, 0.717) is 6.42 Å². The van der Waals surface area contributed by atoms with Gasteiger partial charge in [-0.15, -0.1) is 0 Å². The zero-order chi connectivity index (χ0) is 16.2. The highest BCUT2D eigenvalue weighted by Gasteiger charge is 2.25. The normalized spacial score (nSPS) is 12.8. The summed E-state index contributed by atoms with van der Waals surface area (Å²) in [4.78, 5) is 23.2. The van der Waals surface area contributed by atoms with Crippen molar-refractivity contribution < 1.29 is 19.1 Å². The molecule has 0 aliphatic carbocycles. The van der Waals surface area contributed by atoms with Crippen LogP contribution in [0.5, 0.6) is 0 Å². The van der Waals surface area contributed by atoms with Gasteiger partial charge in [0, 0.05) is 6.54 Å². The van der Waals surface area contributed by atoms with Crippen molar-refractivity contribution >= 4 is 27.8 Å². The van der Waals surface area contributed by atoms with E-state index >= 15 is 0 Å². The van der Waals surface area contributed by atoms with Gasteiger partial charge in [0.05, 0.1) is 16.0 Å². The Morgan fingerprint density at radius 3 is 2.52 bits per heavy atom. The third-order valence-corrected chi connectivity index (χ3v) is 3.53. The molecule has 0 saturated carbocycles. The highest BCUT2D eigenvalue weighted by Crippen LogP contribution is 2.24. The van der Waals surface area contributed by atoms with E-state index in [1.165, 1.54) is 12.1 Å². The first-order valence-corrected chi connectivity index (χ1v) is 7.36. The van der Waals surface area contributed by atoms with Gasteiger partial charge in [0.15, 0.2) is 0 Å². The molecule has 1 amide bonds. The molecule has 21 heavy (non-hydrogen) atoms. The van der Waals surface area contributed by atoms with E-state index in [4.69, 9.17) is 0 Å². The number of carbonyl (C=O) groups is 2. The van der Waals surface area contributed by atoms with Crippen molar-refractivity contribution in [2.75, 3.05) is 6.54 Å². The third-order valence-electron chi connectivity index (χ3n) is 2.91. The van der Waals surface area contributed by atoms with Crippen LogP contribution in [0.25, 0.3) is 0 Å². The monoisotopic (exact) mass is 359 g/mol. The Kier molecular flexibility index (Phi) is 5.89. The van der Waals surface area contributed by atoms with Gasteiger partial charge in [-0.3, -0.25) is 9.59 Å². The summed E-state index contributed by atoms with van der Waals surface area (Å²) in [5.74, 6) is -2.95. The topological polar surface area (TPSA) is 66.4 Å². The van der Waals surface area contributed by atoms with Crippen LogP contribution in [0.15, 0.2) is 22.7 Å². The number of carboxylic acid groups (broad SMARTS) is 1. The third kappa shape index (κ3) is 5.46. The number of hydrogen-bond donors (Lipinski definition) is 2. The van der Waals surface area contributed by atoms with Gasteiger partial charge in [-0.05, 0) is 39.9 Å². The number of rotatable bonds is 5. The predicted octanol–water partition coefficient (Wildman–Crippen LogP) is 3.46. The first-order valence-electron chi connectivity index (χ1n) is 6.57. The van der Waals surface area contributed by atoms with E-state index < -0.39 is 23.6 Å². The lowest BCUT2D eigenvalue weighted by molar-refractivity contribution is -0.142. The van der Waals surface area contributed by atoms with Crippen molar-refractivity contribution in [2.45, 2.75) is 27.2 Å². The van der Waals surface area contributed by atoms with E-state index in [1.807, 2.05) is 20.8 Å². The molecule has 0 heterocycles. The average molecular weight is 360 g/mol. The molecule has 0 aliphatic rings. The molecule has 0 bridgehead atoms. The maximum atomic E-state index is 13.8. The summed E-state index contributed by atoms with van der Waals surface area (Å²) in [6.45, 7) is 5.76. The summed E-state index contributed by atoms with van der Waals surface area (Å²) >= 11 is 3.01. The van der Waals surface area contributed by atoms with E-state index in [1.54, 1.807) is 6.07 Å². The van der Waals surface area contributed by atoms with Gasteiger partial charge in [-0.2, -0.15) is 0 Å². The summed E-state index contributed by atoms with van der Waals surface area (Å²) < 4.78 is 14.0. The fourth-order valence-electron chi connectivity index (χ4n) is 1.98. The minimum atomic E-state index is -0.972. The molecule has 6 heteroatoms. The zero-order valence-electron chi connectivity index (χ0n) is 12.2. The Labute approximate surface area is 131 Å². The Hall–Kier alpha value is -1.43. The lowest BCUT2D eigenvalue weighted by atomic mass is 9.84. The van der Waals surface area contributed by atoms with Crippen LogP contribution in [0, 0.1) is 17.2 Å². The maximum absolute atomic E-state index is 13.8. The first-order chi connectivity index (χ1) is 9.61. The van der Waals surface area contributed by atoms with Crippen molar-refractivity contribution in [3.05, 3.63) is 34.1 Å². The summed E-state index contributed by atoms with van der Waals surface area (Å²) in [6, 6.07) is 4.40. The van der Waals surface area contributed by atoms with E-state index in [0.717, 1.165) is 0 Å². The smallest absolute Gasteiger partial charge is 0.308 e.